The van der Waals surface area contributed by atoms with E-state index in [-0.39, 0.29) is 0 Å². The second-order valence-electron chi connectivity index (χ2n) is 5.47. The Labute approximate surface area is 132 Å². The fourth-order valence-electron chi connectivity index (χ4n) is 2.69. The first kappa shape index (κ1) is 16.5. The second kappa shape index (κ2) is 6.50. The number of rotatable bonds is 5. The molecule has 0 spiro atoms. The maximum Gasteiger partial charge on any atom is 0.262 e. The number of ether oxygens (including phenoxy) is 1. The highest BCUT2D eigenvalue weighted by Crippen LogP contribution is 2.24. The van der Waals surface area contributed by atoms with Crippen LogP contribution in [0.1, 0.15) is 22.3 Å². The molecule has 5 heteroatoms. The first-order valence-corrected chi connectivity index (χ1v) is 8.50. The molecule has 4 nitrogen and oxygen atoms in total. The van der Waals surface area contributed by atoms with Crippen molar-refractivity contribution in [3.8, 4) is 0 Å². The molecule has 0 amide bonds. The Bertz CT molecular complexity index is 759. The molecule has 0 fully saturated rings. The number of hydrogen-bond donors (Lipinski definition) is 1. The molecule has 118 valence electrons. The van der Waals surface area contributed by atoms with Crippen molar-refractivity contribution in [3.63, 3.8) is 0 Å². The lowest BCUT2D eigenvalue weighted by atomic mass is 10.1. The van der Waals surface area contributed by atoms with Crippen molar-refractivity contribution in [2.24, 2.45) is 0 Å². The van der Waals surface area contributed by atoms with E-state index in [0.717, 1.165) is 22.3 Å². The van der Waals surface area contributed by atoms with Gasteiger partial charge in [0, 0.05) is 12.8 Å². The summed E-state index contributed by atoms with van der Waals surface area (Å²) in [6, 6.07) is 11.0. The van der Waals surface area contributed by atoms with Gasteiger partial charge in [-0.1, -0.05) is 29.8 Å². The molecule has 1 N–H and O–H groups in total. The zero-order chi connectivity index (χ0) is 16.3. The van der Waals surface area contributed by atoms with Crippen LogP contribution in [0, 0.1) is 20.8 Å². The van der Waals surface area contributed by atoms with Crippen LogP contribution in [0.15, 0.2) is 41.3 Å². The van der Waals surface area contributed by atoms with Gasteiger partial charge >= 0.3 is 0 Å². The van der Waals surface area contributed by atoms with Gasteiger partial charge in [0.25, 0.3) is 10.0 Å². The summed E-state index contributed by atoms with van der Waals surface area (Å²) in [4.78, 5) is 0.343. The fourth-order valence-corrected chi connectivity index (χ4v) is 4.19. The SMILES string of the molecule is COCc1cccc(NS(=O)(=O)c2c(C)cc(C)cc2C)c1. The Kier molecular flexibility index (Phi) is 4.88. The predicted octanol–water partition coefficient (Wildman–Crippen LogP) is 3.56. The number of aryl methyl sites for hydroxylation is 3. The zero-order valence-corrected chi connectivity index (χ0v) is 14.1. The molecule has 0 aliphatic heterocycles. The average molecular weight is 319 g/mol. The Balaban J connectivity index is 2.38. The van der Waals surface area contributed by atoms with Crippen molar-refractivity contribution < 1.29 is 13.2 Å². The highest BCUT2D eigenvalue weighted by Gasteiger charge is 2.20. The van der Waals surface area contributed by atoms with E-state index >= 15 is 0 Å². The predicted molar refractivity (Wildman–Crippen MR) is 88.6 cm³/mol. The van der Waals surface area contributed by atoms with Crippen molar-refractivity contribution in [1.29, 1.82) is 0 Å². The third-order valence-corrected chi connectivity index (χ3v) is 5.05. The zero-order valence-electron chi connectivity index (χ0n) is 13.3. The molecule has 0 saturated carbocycles. The van der Waals surface area contributed by atoms with E-state index in [1.165, 1.54) is 0 Å². The van der Waals surface area contributed by atoms with Gasteiger partial charge in [0.1, 0.15) is 0 Å². The number of nitrogens with one attached hydrogen (secondary N) is 1. The molecule has 22 heavy (non-hydrogen) atoms. The molecule has 2 aromatic rings. The summed E-state index contributed by atoms with van der Waals surface area (Å²) in [5.41, 5.74) is 4.00. The molecule has 2 rings (SSSR count). The van der Waals surface area contributed by atoms with Crippen LogP contribution in [0.2, 0.25) is 0 Å². The Morgan fingerprint density at radius 3 is 2.27 bits per heavy atom. The molecule has 0 heterocycles. The second-order valence-corrected chi connectivity index (χ2v) is 7.09. The summed E-state index contributed by atoms with van der Waals surface area (Å²) >= 11 is 0. The lowest BCUT2D eigenvalue weighted by molar-refractivity contribution is 0.185. The van der Waals surface area contributed by atoms with E-state index < -0.39 is 10.0 Å². The monoisotopic (exact) mass is 319 g/mol. The minimum atomic E-state index is -3.61. The standard InChI is InChI=1S/C17H21NO3S/c1-12-8-13(2)17(14(3)9-12)22(19,20)18-16-7-5-6-15(10-16)11-21-4/h5-10,18H,11H2,1-4H3. The van der Waals surface area contributed by atoms with E-state index in [1.54, 1.807) is 25.3 Å². The molecule has 0 saturated heterocycles. The van der Waals surface area contributed by atoms with Gasteiger partial charge in [-0.05, 0) is 49.6 Å². The molecule has 0 aliphatic rings. The summed E-state index contributed by atoms with van der Waals surface area (Å²) in [6.07, 6.45) is 0. The summed E-state index contributed by atoms with van der Waals surface area (Å²) in [5.74, 6) is 0. The van der Waals surface area contributed by atoms with E-state index in [9.17, 15) is 8.42 Å². The number of anilines is 1. The van der Waals surface area contributed by atoms with Crippen LogP contribution in [0.4, 0.5) is 5.69 Å². The third-order valence-electron chi connectivity index (χ3n) is 3.36. The highest BCUT2D eigenvalue weighted by atomic mass is 32.2. The summed E-state index contributed by atoms with van der Waals surface area (Å²) in [6.45, 7) is 6.03. The topological polar surface area (TPSA) is 55.4 Å². The van der Waals surface area contributed by atoms with E-state index in [2.05, 4.69) is 4.72 Å². The van der Waals surface area contributed by atoms with Crippen molar-refractivity contribution >= 4 is 15.7 Å². The van der Waals surface area contributed by atoms with Gasteiger partial charge < -0.3 is 4.74 Å². The summed E-state index contributed by atoms with van der Waals surface area (Å²) < 4.78 is 33.1. The molecule has 2 aromatic carbocycles. The molecule has 0 radical (unpaired) electrons. The third kappa shape index (κ3) is 3.67. The first-order chi connectivity index (χ1) is 10.3. The first-order valence-electron chi connectivity index (χ1n) is 7.02. The Hall–Kier alpha value is -1.85. The Morgan fingerprint density at radius 2 is 1.68 bits per heavy atom. The highest BCUT2D eigenvalue weighted by molar-refractivity contribution is 7.92. The van der Waals surface area contributed by atoms with Crippen LogP contribution in [-0.4, -0.2) is 15.5 Å². The van der Waals surface area contributed by atoms with Crippen LogP contribution in [-0.2, 0) is 21.4 Å². The molecule has 0 aromatic heterocycles. The average Bonchev–Trinajstić information content (AvgIpc) is 2.36. The van der Waals surface area contributed by atoms with Crippen molar-refractivity contribution in [2.75, 3.05) is 11.8 Å². The quantitative estimate of drug-likeness (QED) is 0.917. The van der Waals surface area contributed by atoms with E-state index in [0.29, 0.717) is 17.2 Å². The minimum absolute atomic E-state index is 0.343. The van der Waals surface area contributed by atoms with Gasteiger partial charge in [-0.3, -0.25) is 4.72 Å². The van der Waals surface area contributed by atoms with Crippen molar-refractivity contribution in [3.05, 3.63) is 58.7 Å². The molecule has 0 atom stereocenters. The Morgan fingerprint density at radius 1 is 1.05 bits per heavy atom. The van der Waals surface area contributed by atoms with Gasteiger partial charge in [-0.2, -0.15) is 0 Å². The van der Waals surface area contributed by atoms with Gasteiger partial charge in [0.15, 0.2) is 0 Å². The maximum absolute atomic E-state index is 12.7. The molecule has 0 unspecified atom stereocenters. The minimum Gasteiger partial charge on any atom is -0.380 e. The number of hydrogen-bond acceptors (Lipinski definition) is 3. The van der Waals surface area contributed by atoms with Gasteiger partial charge in [-0.15, -0.1) is 0 Å². The number of sulfonamides is 1. The molecule has 0 bridgehead atoms. The van der Waals surface area contributed by atoms with Crippen LogP contribution < -0.4 is 4.72 Å². The lowest BCUT2D eigenvalue weighted by Crippen LogP contribution is -2.16. The van der Waals surface area contributed by atoms with Crippen LogP contribution in [0.5, 0.6) is 0 Å². The molecular weight excluding hydrogens is 298 g/mol. The van der Waals surface area contributed by atoms with Crippen LogP contribution in [0.25, 0.3) is 0 Å². The number of benzene rings is 2. The van der Waals surface area contributed by atoms with Gasteiger partial charge in [0.2, 0.25) is 0 Å². The van der Waals surface area contributed by atoms with Gasteiger partial charge in [0.05, 0.1) is 11.5 Å². The molecule has 0 aliphatic carbocycles. The smallest absolute Gasteiger partial charge is 0.262 e. The van der Waals surface area contributed by atoms with Crippen LogP contribution >= 0.6 is 0 Å². The van der Waals surface area contributed by atoms with Crippen molar-refractivity contribution in [1.82, 2.24) is 0 Å². The summed E-state index contributed by atoms with van der Waals surface area (Å²) in [7, 11) is -2.01. The maximum atomic E-state index is 12.7. The van der Waals surface area contributed by atoms with Crippen molar-refractivity contribution in [2.45, 2.75) is 32.3 Å². The van der Waals surface area contributed by atoms with Crippen LogP contribution in [0.3, 0.4) is 0 Å². The van der Waals surface area contributed by atoms with E-state index in [1.807, 2.05) is 39.0 Å². The lowest BCUT2D eigenvalue weighted by Gasteiger charge is -2.14. The molecular formula is C17H21NO3S. The summed E-state index contributed by atoms with van der Waals surface area (Å²) in [5, 5.41) is 0. The fraction of sp³-hybridized carbons (Fsp3) is 0.294. The van der Waals surface area contributed by atoms with Gasteiger partial charge in [-0.25, -0.2) is 8.42 Å². The largest absolute Gasteiger partial charge is 0.380 e. The number of methoxy groups -OCH3 is 1. The van der Waals surface area contributed by atoms with E-state index in [4.69, 9.17) is 4.74 Å². The normalized spacial score (nSPS) is 11.5.